The monoisotopic (exact) mass is 350 g/mol. The number of likely N-dealkylation sites (N-methyl/N-ethyl adjacent to an activating group) is 1. The van der Waals surface area contributed by atoms with Gasteiger partial charge in [-0.1, -0.05) is 47.3 Å². The Labute approximate surface area is 152 Å². The first-order chi connectivity index (χ1) is 12.6. The van der Waals surface area contributed by atoms with Gasteiger partial charge in [-0.3, -0.25) is 0 Å². The lowest BCUT2D eigenvalue weighted by Gasteiger charge is -2.30. The van der Waals surface area contributed by atoms with Gasteiger partial charge in [-0.2, -0.15) is 0 Å². The van der Waals surface area contributed by atoms with E-state index in [0.717, 1.165) is 22.4 Å². The van der Waals surface area contributed by atoms with Gasteiger partial charge in [0.25, 0.3) is 0 Å². The van der Waals surface area contributed by atoms with E-state index in [4.69, 9.17) is 10.6 Å². The molecule has 3 aromatic rings. The highest BCUT2D eigenvalue weighted by atomic mass is 16.7. The van der Waals surface area contributed by atoms with Crippen molar-refractivity contribution in [2.24, 2.45) is 0 Å². The van der Waals surface area contributed by atoms with Crippen molar-refractivity contribution in [2.45, 2.75) is 20.1 Å². The van der Waals surface area contributed by atoms with Crippen LogP contribution in [0.1, 0.15) is 11.1 Å². The zero-order chi connectivity index (χ0) is 18.5. The molecule has 0 saturated carbocycles. The Kier molecular flexibility index (Phi) is 5.17. The third-order valence-corrected chi connectivity index (χ3v) is 4.11. The van der Waals surface area contributed by atoms with Crippen molar-refractivity contribution in [1.29, 1.82) is 0 Å². The van der Waals surface area contributed by atoms with E-state index in [1.807, 2.05) is 86.6 Å². The van der Waals surface area contributed by atoms with Crippen LogP contribution in [0.2, 0.25) is 0 Å². The number of hydrogen-bond donors (Lipinski definition) is 1. The zero-order valence-electron chi connectivity index (χ0n) is 15.1. The highest BCUT2D eigenvalue weighted by Gasteiger charge is 2.21. The number of rotatable bonds is 3. The quantitative estimate of drug-likeness (QED) is 0.731. The Morgan fingerprint density at radius 3 is 2.23 bits per heavy atom. The van der Waals surface area contributed by atoms with Crippen molar-refractivity contribution < 1.29 is 4.84 Å². The van der Waals surface area contributed by atoms with Crippen molar-refractivity contribution in [1.82, 2.24) is 25.3 Å². The van der Waals surface area contributed by atoms with Gasteiger partial charge >= 0.3 is 0 Å². The Bertz CT molecular complexity index is 883. The van der Waals surface area contributed by atoms with Gasteiger partial charge in [-0.15, -0.1) is 5.10 Å². The summed E-state index contributed by atoms with van der Waals surface area (Å²) in [6, 6.07) is 15.7. The summed E-state index contributed by atoms with van der Waals surface area (Å²) in [6.45, 7) is 4.01. The fraction of sp³-hybridized carbons (Fsp3) is 0.211. The maximum absolute atomic E-state index is 5.66. The summed E-state index contributed by atoms with van der Waals surface area (Å²) in [5.74, 6) is 0.613. The molecule has 2 aromatic carbocycles. The highest BCUT2D eigenvalue weighted by Crippen LogP contribution is 2.20. The van der Waals surface area contributed by atoms with Crippen LogP contribution in [0.3, 0.4) is 0 Å². The van der Waals surface area contributed by atoms with Crippen LogP contribution in [-0.2, 0) is 0 Å². The fourth-order valence-electron chi connectivity index (χ4n) is 2.36. The molecule has 2 N–H and O–H groups in total. The smallest absolute Gasteiger partial charge is 0.222 e. The van der Waals surface area contributed by atoms with Crippen LogP contribution in [0.15, 0.2) is 60.8 Å². The van der Waals surface area contributed by atoms with Gasteiger partial charge in [0.05, 0.1) is 0 Å². The Morgan fingerprint density at radius 2 is 1.69 bits per heavy atom. The molecule has 2 heterocycles. The summed E-state index contributed by atoms with van der Waals surface area (Å²) in [5, 5.41) is 11.6. The number of nitrogens with two attached hydrogens (primary N) is 1. The number of benzene rings is 2. The molecule has 4 rings (SSSR count). The molecule has 1 aliphatic rings. The van der Waals surface area contributed by atoms with Gasteiger partial charge in [-0.25, -0.2) is 0 Å². The molecule has 0 fully saturated rings. The molecule has 1 aromatic heterocycles. The van der Waals surface area contributed by atoms with Crippen LogP contribution in [-0.4, -0.2) is 38.5 Å². The van der Waals surface area contributed by atoms with Gasteiger partial charge in [0.2, 0.25) is 12.1 Å². The first-order valence-electron chi connectivity index (χ1n) is 8.29. The van der Waals surface area contributed by atoms with Gasteiger partial charge in [0, 0.05) is 24.5 Å². The summed E-state index contributed by atoms with van der Waals surface area (Å²) in [5.41, 5.74) is 9.61. The second kappa shape index (κ2) is 7.69. The van der Waals surface area contributed by atoms with Gasteiger partial charge in [0.15, 0.2) is 0 Å². The van der Waals surface area contributed by atoms with Crippen molar-refractivity contribution in [3.8, 4) is 11.4 Å². The average molecular weight is 350 g/mol. The van der Waals surface area contributed by atoms with Gasteiger partial charge in [-0.05, 0) is 47.5 Å². The normalized spacial score (nSPS) is 15.0. The minimum atomic E-state index is -0.115. The number of hydrogen-bond acceptors (Lipinski definition) is 6. The lowest BCUT2D eigenvalue weighted by molar-refractivity contribution is -0.0388. The minimum absolute atomic E-state index is 0.115. The van der Waals surface area contributed by atoms with Crippen LogP contribution < -0.4 is 10.6 Å². The predicted molar refractivity (Wildman–Crippen MR) is 101 cm³/mol. The molecule has 26 heavy (non-hydrogen) atoms. The van der Waals surface area contributed by atoms with Crippen molar-refractivity contribution >= 4 is 5.69 Å². The Morgan fingerprint density at radius 1 is 1.00 bits per heavy atom. The minimum Gasteiger partial charge on any atom is -0.399 e. The molecule has 0 radical (unpaired) electrons. The summed E-state index contributed by atoms with van der Waals surface area (Å²) in [6.07, 6.45) is 3.75. The Hall–Kier alpha value is -3.35. The third-order valence-electron chi connectivity index (χ3n) is 4.11. The molecule has 7 nitrogen and oxygen atoms in total. The number of aromatic nitrogens is 4. The molecule has 1 aliphatic heterocycles. The van der Waals surface area contributed by atoms with E-state index >= 15 is 0 Å². The first kappa shape index (κ1) is 17.5. The second-order valence-electron chi connectivity index (χ2n) is 6.05. The topological polar surface area (TPSA) is 82.1 Å². The van der Waals surface area contributed by atoms with Gasteiger partial charge < -0.3 is 15.5 Å². The van der Waals surface area contributed by atoms with Crippen LogP contribution in [0.25, 0.3) is 11.4 Å². The fourth-order valence-corrected chi connectivity index (χ4v) is 2.36. The van der Waals surface area contributed by atoms with Gasteiger partial charge in [0.1, 0.15) is 0 Å². The van der Waals surface area contributed by atoms with Crippen LogP contribution in [0.5, 0.6) is 0 Å². The number of anilines is 1. The molecule has 0 amide bonds. The summed E-state index contributed by atoms with van der Waals surface area (Å²) in [4.78, 5) is 8.96. The maximum Gasteiger partial charge on any atom is 0.222 e. The molecule has 0 spiro atoms. The Balaban J connectivity index is 0.000000206. The zero-order valence-corrected chi connectivity index (χ0v) is 15.1. The van der Waals surface area contributed by atoms with Crippen LogP contribution >= 0.6 is 0 Å². The summed E-state index contributed by atoms with van der Waals surface area (Å²) >= 11 is 0. The molecule has 1 unspecified atom stereocenters. The lowest BCUT2D eigenvalue weighted by Crippen LogP contribution is -2.42. The van der Waals surface area contributed by atoms with E-state index in [9.17, 15) is 0 Å². The molecule has 0 bridgehead atoms. The number of aryl methyl sites for hydroxylation is 2. The largest absolute Gasteiger partial charge is 0.399 e. The number of tetrazole rings is 1. The average Bonchev–Trinajstić information content (AvgIpc) is 3.10. The van der Waals surface area contributed by atoms with Crippen molar-refractivity contribution in [3.63, 3.8) is 0 Å². The van der Waals surface area contributed by atoms with Crippen molar-refractivity contribution in [2.75, 3.05) is 12.8 Å². The molecular formula is C19H22N6O. The summed E-state index contributed by atoms with van der Waals surface area (Å²) in [7, 11) is 1.93. The third kappa shape index (κ3) is 3.83. The van der Waals surface area contributed by atoms with E-state index in [-0.39, 0.29) is 6.23 Å². The molecule has 7 heteroatoms. The van der Waals surface area contributed by atoms with E-state index in [0.29, 0.717) is 5.82 Å². The van der Waals surface area contributed by atoms with E-state index in [1.165, 1.54) is 4.85 Å². The summed E-state index contributed by atoms with van der Waals surface area (Å²) < 4.78 is 0. The molecule has 1 atom stereocenters. The van der Waals surface area contributed by atoms with Crippen molar-refractivity contribution in [3.05, 3.63) is 71.9 Å². The predicted octanol–water partition coefficient (Wildman–Crippen LogP) is 2.44. The number of nitrogens with zero attached hydrogens (tertiary/aromatic N) is 5. The maximum atomic E-state index is 5.66. The van der Waals surface area contributed by atoms with Crippen LogP contribution in [0.4, 0.5) is 5.69 Å². The lowest BCUT2D eigenvalue weighted by atomic mass is 10.1. The van der Waals surface area contributed by atoms with E-state index < -0.39 is 0 Å². The number of para-hydroxylation sites is 1. The van der Waals surface area contributed by atoms with E-state index in [2.05, 4.69) is 15.5 Å². The SMILES string of the molecule is Cc1ccccc1-c1nnnn1OC1C=CN1C.Cc1ccccc1N. The molecule has 0 saturated heterocycles. The first-order valence-corrected chi connectivity index (χ1v) is 8.29. The standard InChI is InChI=1S/C12H13N5O.C7H9N/c1-9-5-3-4-6-10(9)12-13-14-15-17(12)18-11-7-8-16(11)2;1-6-4-2-3-5-7(6)8/h3-8,11H,1-2H3;2-5H,8H2,1H3. The second-order valence-corrected chi connectivity index (χ2v) is 6.05. The molecular weight excluding hydrogens is 328 g/mol. The molecule has 0 aliphatic carbocycles. The highest BCUT2D eigenvalue weighted by molar-refractivity contribution is 5.58. The van der Waals surface area contributed by atoms with Crippen LogP contribution in [0, 0.1) is 13.8 Å². The molecule has 134 valence electrons. The number of nitrogen functional groups attached to an aromatic ring is 1. The van der Waals surface area contributed by atoms with E-state index in [1.54, 1.807) is 0 Å².